The van der Waals surface area contributed by atoms with Gasteiger partial charge >= 0.3 is 17.9 Å². The Kier molecular flexibility index (Phi) is 7.89. The maximum Gasteiger partial charge on any atom is 0.333 e. The zero-order valence-corrected chi connectivity index (χ0v) is 27.5. The summed E-state index contributed by atoms with van der Waals surface area (Å²) in [5.41, 5.74) is 1.01. The number of fused-ring (bicyclic) bond motifs is 4. The van der Waals surface area contributed by atoms with E-state index in [-0.39, 0.29) is 43.1 Å². The predicted molar refractivity (Wildman–Crippen MR) is 160 cm³/mol. The molecule has 0 spiro atoms. The molecule has 3 aliphatic carbocycles. The summed E-state index contributed by atoms with van der Waals surface area (Å²) in [5, 5.41) is 11.6. The zero-order chi connectivity index (χ0) is 32.6. The van der Waals surface area contributed by atoms with Crippen molar-refractivity contribution < 1.29 is 47.6 Å². The predicted octanol–water partition coefficient (Wildman–Crippen LogP) is 5.00. The van der Waals surface area contributed by atoms with Gasteiger partial charge < -0.3 is 33.2 Å². The molecule has 2 aliphatic heterocycles. The van der Waals surface area contributed by atoms with Crippen molar-refractivity contribution in [2.75, 3.05) is 6.61 Å². The van der Waals surface area contributed by atoms with Crippen molar-refractivity contribution in [1.29, 1.82) is 0 Å². The maximum absolute atomic E-state index is 13.7. The van der Waals surface area contributed by atoms with Gasteiger partial charge in [0.2, 0.25) is 0 Å². The van der Waals surface area contributed by atoms with Gasteiger partial charge in [0.1, 0.15) is 23.9 Å². The molecule has 0 aromatic carbocycles. The van der Waals surface area contributed by atoms with Crippen molar-refractivity contribution in [2.24, 2.45) is 28.6 Å². The van der Waals surface area contributed by atoms with Gasteiger partial charge in [-0.15, -0.1) is 0 Å². The van der Waals surface area contributed by atoms with Gasteiger partial charge in [0.15, 0.2) is 6.29 Å². The van der Waals surface area contributed by atoms with Crippen LogP contribution in [0.15, 0.2) is 45.8 Å². The van der Waals surface area contributed by atoms with E-state index in [0.29, 0.717) is 12.0 Å². The number of ether oxygens (including phenoxy) is 5. The van der Waals surface area contributed by atoms with Crippen molar-refractivity contribution >= 4 is 17.9 Å². The van der Waals surface area contributed by atoms with Gasteiger partial charge in [-0.05, 0) is 57.2 Å². The number of carbonyl (C=O) groups excluding carboxylic acids is 3. The number of aliphatic hydroxyl groups excluding tert-OH is 1. The van der Waals surface area contributed by atoms with E-state index >= 15 is 0 Å². The van der Waals surface area contributed by atoms with Crippen LogP contribution in [0.3, 0.4) is 0 Å². The highest BCUT2D eigenvalue weighted by Gasteiger charge is 2.77. The topological polar surface area (TPSA) is 131 Å². The first-order valence-electron chi connectivity index (χ1n) is 16.1. The molecule has 2 saturated carbocycles. The monoisotopic (exact) mass is 626 g/mol. The molecule has 10 nitrogen and oxygen atoms in total. The highest BCUT2D eigenvalue weighted by atomic mass is 16.6. The second-order valence-electron chi connectivity index (χ2n) is 14.3. The fourth-order valence-electron chi connectivity index (χ4n) is 10.4. The first-order valence-corrected chi connectivity index (χ1v) is 16.1. The van der Waals surface area contributed by atoms with Crippen LogP contribution in [-0.4, -0.2) is 65.9 Å². The summed E-state index contributed by atoms with van der Waals surface area (Å²) >= 11 is 0. The molecule has 10 heteroatoms. The van der Waals surface area contributed by atoms with E-state index in [1.165, 1.54) is 13.8 Å². The van der Waals surface area contributed by atoms with Gasteiger partial charge in [-0.2, -0.15) is 0 Å². The standard InChI is InChI=1S/C35H46O10/c1-9-17(2)32(39)45-31-23-16-41-35(8)27(43-20(5)37)14-26(42-19(4)36)33(6,30(23)35)25-13-28(38)44-24-12-22(21-10-11-40-15-21)18(3)29(24)34(25,31)7/h9-11,15,22-28,30-31,38H,12-14,16H2,1-8H3. The van der Waals surface area contributed by atoms with Crippen molar-refractivity contribution in [3.63, 3.8) is 0 Å². The number of carbonyl (C=O) groups is 3. The van der Waals surface area contributed by atoms with E-state index in [4.69, 9.17) is 28.1 Å². The normalized spacial score (nSPS) is 43.9. The van der Waals surface area contributed by atoms with Crippen molar-refractivity contribution in [1.82, 2.24) is 0 Å². The number of furan rings is 1. The Hall–Kier alpha value is -2.95. The van der Waals surface area contributed by atoms with Crippen LogP contribution < -0.4 is 0 Å². The smallest absolute Gasteiger partial charge is 0.333 e. The summed E-state index contributed by atoms with van der Waals surface area (Å²) in [7, 11) is 0. The van der Waals surface area contributed by atoms with Gasteiger partial charge in [0.05, 0.1) is 25.2 Å². The van der Waals surface area contributed by atoms with E-state index in [1.807, 2.05) is 13.0 Å². The molecule has 45 heavy (non-hydrogen) atoms. The van der Waals surface area contributed by atoms with Gasteiger partial charge in [-0.25, -0.2) is 4.79 Å². The number of esters is 3. The lowest BCUT2D eigenvalue weighted by Crippen LogP contribution is -2.72. The molecule has 3 heterocycles. The van der Waals surface area contributed by atoms with E-state index in [9.17, 15) is 19.5 Å². The molecule has 5 aliphatic rings. The molecular weight excluding hydrogens is 580 g/mol. The Morgan fingerprint density at radius 3 is 2.31 bits per heavy atom. The minimum Gasteiger partial charge on any atom is -0.472 e. The third-order valence-electron chi connectivity index (χ3n) is 12.1. The van der Waals surface area contributed by atoms with Gasteiger partial charge in [-0.1, -0.05) is 25.5 Å². The molecule has 246 valence electrons. The molecule has 1 N–H and O–H groups in total. The fourth-order valence-corrected chi connectivity index (χ4v) is 10.4. The Balaban J connectivity index is 1.61. The number of rotatable bonds is 5. The average Bonchev–Trinajstić information content (AvgIpc) is 3.68. The first-order chi connectivity index (χ1) is 21.2. The molecule has 2 saturated heterocycles. The van der Waals surface area contributed by atoms with E-state index < -0.39 is 65.0 Å². The Labute approximate surface area is 264 Å². The summed E-state index contributed by atoms with van der Waals surface area (Å²) in [5.74, 6) is -2.41. The molecule has 0 amide bonds. The highest BCUT2D eigenvalue weighted by molar-refractivity contribution is 5.87. The molecule has 4 fully saturated rings. The Bertz CT molecular complexity index is 1430. The molecule has 1 aromatic heterocycles. The largest absolute Gasteiger partial charge is 0.472 e. The summed E-state index contributed by atoms with van der Waals surface area (Å²) in [4.78, 5) is 38.7. The van der Waals surface area contributed by atoms with E-state index in [1.54, 1.807) is 32.4 Å². The molecule has 12 atom stereocenters. The van der Waals surface area contributed by atoms with Gasteiger partial charge in [0, 0.05) is 60.8 Å². The minimum atomic E-state index is -1.12. The van der Waals surface area contributed by atoms with Crippen LogP contribution in [0, 0.1) is 28.6 Å². The highest BCUT2D eigenvalue weighted by Crippen LogP contribution is 2.72. The van der Waals surface area contributed by atoms with Crippen LogP contribution >= 0.6 is 0 Å². The third kappa shape index (κ3) is 4.65. The fraction of sp³-hybridized carbons (Fsp3) is 0.686. The summed E-state index contributed by atoms with van der Waals surface area (Å²) in [6, 6.07) is 1.95. The van der Waals surface area contributed by atoms with Crippen LogP contribution in [-0.2, 0) is 38.1 Å². The molecule has 1 aromatic rings. The molecule has 12 unspecified atom stereocenters. The SMILES string of the molecule is CC=C(C)C(=O)OC1C2COC3(C)C(OC(C)=O)CC(OC(C)=O)C(C)(C23)C2CC(O)OC3CC(c4ccoc4)C(C)=C3C12C. The van der Waals surface area contributed by atoms with Crippen molar-refractivity contribution in [3.8, 4) is 0 Å². The van der Waals surface area contributed by atoms with Gasteiger partial charge in [-0.3, -0.25) is 9.59 Å². The molecule has 0 radical (unpaired) electrons. The lowest BCUT2D eigenvalue weighted by Gasteiger charge is -2.66. The summed E-state index contributed by atoms with van der Waals surface area (Å²) in [6.45, 7) is 14.8. The lowest BCUT2D eigenvalue weighted by atomic mass is 9.39. The second kappa shape index (κ2) is 11.1. The molecular formula is C35H46O10. The summed E-state index contributed by atoms with van der Waals surface area (Å²) < 4.78 is 37.2. The summed E-state index contributed by atoms with van der Waals surface area (Å²) in [6.07, 6.45) is 2.60. The van der Waals surface area contributed by atoms with Crippen molar-refractivity contribution in [3.05, 3.63) is 47.0 Å². The maximum atomic E-state index is 13.7. The molecule has 6 rings (SSSR count). The zero-order valence-electron chi connectivity index (χ0n) is 27.5. The van der Waals surface area contributed by atoms with E-state index in [2.05, 4.69) is 20.8 Å². The van der Waals surface area contributed by atoms with E-state index in [0.717, 1.165) is 16.7 Å². The van der Waals surface area contributed by atoms with Crippen LogP contribution in [0.2, 0.25) is 0 Å². The van der Waals surface area contributed by atoms with Crippen LogP contribution in [0.1, 0.15) is 86.1 Å². The third-order valence-corrected chi connectivity index (χ3v) is 12.1. The molecule has 0 bridgehead atoms. The van der Waals surface area contributed by atoms with Crippen LogP contribution in [0.4, 0.5) is 0 Å². The lowest BCUT2D eigenvalue weighted by molar-refractivity contribution is -0.266. The minimum absolute atomic E-state index is 0.0141. The number of hydrogen-bond acceptors (Lipinski definition) is 10. The number of hydrogen-bond donors (Lipinski definition) is 1. The van der Waals surface area contributed by atoms with Crippen LogP contribution in [0.25, 0.3) is 0 Å². The first kappa shape index (κ1) is 32.0. The number of aliphatic hydroxyl groups is 1. The quantitative estimate of drug-likeness (QED) is 0.206. The van der Waals surface area contributed by atoms with Crippen LogP contribution in [0.5, 0.6) is 0 Å². The average molecular weight is 627 g/mol. The Morgan fingerprint density at radius 1 is 1.00 bits per heavy atom. The number of allylic oxidation sites excluding steroid dienone is 2. The van der Waals surface area contributed by atoms with Crippen molar-refractivity contribution in [2.45, 2.75) is 117 Å². The second-order valence-corrected chi connectivity index (χ2v) is 14.3. The van der Waals surface area contributed by atoms with Gasteiger partial charge in [0.25, 0.3) is 0 Å². The Morgan fingerprint density at radius 2 is 1.69 bits per heavy atom.